The molecule has 1 unspecified atom stereocenters. The van der Waals surface area contributed by atoms with E-state index in [-0.39, 0.29) is 10.9 Å². The van der Waals surface area contributed by atoms with Crippen LogP contribution in [0.15, 0.2) is 23.4 Å². The van der Waals surface area contributed by atoms with E-state index in [1.807, 2.05) is 20.8 Å². The van der Waals surface area contributed by atoms with E-state index in [0.29, 0.717) is 12.2 Å². The van der Waals surface area contributed by atoms with Crippen LogP contribution in [0.2, 0.25) is 0 Å². The summed E-state index contributed by atoms with van der Waals surface area (Å²) in [6.45, 7) is 6.45. The van der Waals surface area contributed by atoms with Gasteiger partial charge in [-0.3, -0.25) is 4.98 Å². The Morgan fingerprint density at radius 2 is 2.11 bits per heavy atom. The Balaban J connectivity index is 3.20. The van der Waals surface area contributed by atoms with E-state index >= 15 is 0 Å². The number of aromatic nitrogens is 1. The molecule has 0 spiro atoms. The quantitative estimate of drug-likeness (QED) is 0.859. The van der Waals surface area contributed by atoms with Gasteiger partial charge in [0.05, 0.1) is 5.69 Å². The number of rotatable bonds is 6. The van der Waals surface area contributed by atoms with Crippen LogP contribution in [-0.2, 0) is 10.0 Å². The summed E-state index contributed by atoms with van der Waals surface area (Å²) in [5.41, 5.74) is 0.600. The van der Waals surface area contributed by atoms with E-state index in [2.05, 4.69) is 10.3 Å². The van der Waals surface area contributed by atoms with Crippen molar-refractivity contribution in [2.75, 3.05) is 18.9 Å². The number of nitrogens with zero attached hydrogens (tertiary/aromatic N) is 2. The highest BCUT2D eigenvalue weighted by molar-refractivity contribution is 7.89. The lowest BCUT2D eigenvalue weighted by Crippen LogP contribution is -2.35. The first kappa shape index (κ1) is 14.9. The minimum Gasteiger partial charge on any atom is -0.384 e. The van der Waals surface area contributed by atoms with Gasteiger partial charge in [0.2, 0.25) is 10.0 Å². The van der Waals surface area contributed by atoms with Gasteiger partial charge in [0.1, 0.15) is 4.90 Å². The Morgan fingerprint density at radius 1 is 1.44 bits per heavy atom. The van der Waals surface area contributed by atoms with Crippen molar-refractivity contribution >= 4 is 15.7 Å². The minimum absolute atomic E-state index is 0.0373. The smallest absolute Gasteiger partial charge is 0.246 e. The fourth-order valence-electron chi connectivity index (χ4n) is 1.57. The van der Waals surface area contributed by atoms with Gasteiger partial charge in [0, 0.05) is 32.0 Å². The Labute approximate surface area is 109 Å². The fraction of sp³-hybridized carbons (Fsp3) is 0.583. The highest BCUT2D eigenvalue weighted by Gasteiger charge is 2.27. The maximum absolute atomic E-state index is 12.5. The molecule has 0 saturated heterocycles. The largest absolute Gasteiger partial charge is 0.384 e. The van der Waals surface area contributed by atoms with Crippen LogP contribution < -0.4 is 5.32 Å². The minimum atomic E-state index is -3.49. The molecule has 1 heterocycles. The molecule has 1 rings (SSSR count). The first-order valence-corrected chi connectivity index (χ1v) is 7.55. The van der Waals surface area contributed by atoms with Crippen LogP contribution in [0.5, 0.6) is 0 Å². The van der Waals surface area contributed by atoms with Crippen LogP contribution in [-0.4, -0.2) is 37.3 Å². The van der Waals surface area contributed by atoms with Crippen LogP contribution >= 0.6 is 0 Å². The van der Waals surface area contributed by atoms with Crippen molar-refractivity contribution in [2.45, 2.75) is 38.1 Å². The zero-order chi connectivity index (χ0) is 13.8. The number of sulfonamides is 1. The number of anilines is 1. The van der Waals surface area contributed by atoms with Crippen LogP contribution in [0, 0.1) is 0 Å². The van der Waals surface area contributed by atoms with Gasteiger partial charge < -0.3 is 5.32 Å². The Bertz CT molecular complexity index is 488. The molecule has 0 bridgehead atoms. The van der Waals surface area contributed by atoms with E-state index in [4.69, 9.17) is 0 Å². The molecule has 1 aromatic rings. The monoisotopic (exact) mass is 271 g/mol. The molecule has 0 aromatic carbocycles. The Morgan fingerprint density at radius 3 is 2.67 bits per heavy atom. The first-order chi connectivity index (χ1) is 8.45. The molecule has 18 heavy (non-hydrogen) atoms. The van der Waals surface area contributed by atoms with Crippen molar-refractivity contribution in [3.63, 3.8) is 0 Å². The third kappa shape index (κ3) is 3.00. The lowest BCUT2D eigenvalue weighted by Gasteiger charge is -2.24. The van der Waals surface area contributed by atoms with Crippen molar-refractivity contribution < 1.29 is 8.42 Å². The molecule has 0 aliphatic heterocycles. The molecule has 102 valence electrons. The van der Waals surface area contributed by atoms with Crippen LogP contribution in [0.25, 0.3) is 0 Å². The van der Waals surface area contributed by atoms with Crippen LogP contribution in [0.3, 0.4) is 0 Å². The van der Waals surface area contributed by atoms with Gasteiger partial charge in [0.25, 0.3) is 0 Å². The standard InChI is InChI=1S/C12H21N3O2S/c1-5-10(3)15(4)18(16,17)12-9-13-8-7-11(12)14-6-2/h7-10H,5-6H2,1-4H3,(H,13,14). The van der Waals surface area contributed by atoms with Gasteiger partial charge in [-0.05, 0) is 26.3 Å². The lowest BCUT2D eigenvalue weighted by atomic mass is 10.3. The molecule has 0 aliphatic rings. The second-order valence-corrected chi connectivity index (χ2v) is 6.15. The van der Waals surface area contributed by atoms with Crippen molar-refractivity contribution in [2.24, 2.45) is 0 Å². The summed E-state index contributed by atoms with van der Waals surface area (Å²) in [5.74, 6) is 0. The molecule has 5 nitrogen and oxygen atoms in total. The average molecular weight is 271 g/mol. The topological polar surface area (TPSA) is 62.3 Å². The van der Waals surface area contributed by atoms with Crippen molar-refractivity contribution in [1.29, 1.82) is 0 Å². The van der Waals surface area contributed by atoms with Crippen molar-refractivity contribution in [3.8, 4) is 0 Å². The predicted octanol–water partition coefficient (Wildman–Crippen LogP) is 1.93. The second kappa shape index (κ2) is 6.15. The summed E-state index contributed by atoms with van der Waals surface area (Å²) in [7, 11) is -1.89. The molecule has 0 saturated carbocycles. The summed E-state index contributed by atoms with van der Waals surface area (Å²) in [6.07, 6.45) is 3.75. The molecular formula is C12H21N3O2S. The summed E-state index contributed by atoms with van der Waals surface area (Å²) < 4.78 is 26.3. The third-order valence-corrected chi connectivity index (χ3v) is 5.02. The summed E-state index contributed by atoms with van der Waals surface area (Å²) in [5, 5.41) is 3.05. The maximum atomic E-state index is 12.5. The Kier molecular flexibility index (Phi) is 5.10. The first-order valence-electron chi connectivity index (χ1n) is 6.11. The molecule has 1 N–H and O–H groups in total. The molecule has 0 amide bonds. The normalized spacial score (nSPS) is 13.6. The van der Waals surface area contributed by atoms with E-state index in [1.165, 1.54) is 10.5 Å². The van der Waals surface area contributed by atoms with Gasteiger partial charge in [-0.15, -0.1) is 0 Å². The molecule has 0 fully saturated rings. The molecule has 1 atom stereocenters. The highest BCUT2D eigenvalue weighted by atomic mass is 32.2. The van der Waals surface area contributed by atoms with Crippen LogP contribution in [0.1, 0.15) is 27.2 Å². The van der Waals surface area contributed by atoms with Crippen LogP contribution in [0.4, 0.5) is 5.69 Å². The molecule has 1 aromatic heterocycles. The molecule has 6 heteroatoms. The summed E-state index contributed by atoms with van der Waals surface area (Å²) in [6, 6.07) is 1.64. The van der Waals surface area contributed by atoms with Gasteiger partial charge in [-0.2, -0.15) is 4.31 Å². The zero-order valence-electron chi connectivity index (χ0n) is 11.3. The summed E-state index contributed by atoms with van der Waals surface area (Å²) >= 11 is 0. The predicted molar refractivity (Wildman–Crippen MR) is 73.1 cm³/mol. The molecule has 0 radical (unpaired) electrons. The molecule has 0 aliphatic carbocycles. The zero-order valence-corrected chi connectivity index (χ0v) is 12.2. The maximum Gasteiger partial charge on any atom is 0.246 e. The highest BCUT2D eigenvalue weighted by Crippen LogP contribution is 2.24. The third-order valence-electron chi connectivity index (χ3n) is 3.02. The van der Waals surface area contributed by atoms with Gasteiger partial charge in [-0.1, -0.05) is 6.92 Å². The van der Waals surface area contributed by atoms with Gasteiger partial charge >= 0.3 is 0 Å². The Hall–Kier alpha value is -1.14. The van der Waals surface area contributed by atoms with Crippen molar-refractivity contribution in [3.05, 3.63) is 18.5 Å². The van der Waals surface area contributed by atoms with E-state index < -0.39 is 10.0 Å². The van der Waals surface area contributed by atoms with E-state index in [9.17, 15) is 8.42 Å². The second-order valence-electron chi connectivity index (χ2n) is 4.18. The van der Waals surface area contributed by atoms with Gasteiger partial charge in [-0.25, -0.2) is 8.42 Å². The van der Waals surface area contributed by atoms with E-state index in [1.54, 1.807) is 19.3 Å². The van der Waals surface area contributed by atoms with Crippen molar-refractivity contribution in [1.82, 2.24) is 9.29 Å². The van der Waals surface area contributed by atoms with E-state index in [0.717, 1.165) is 6.42 Å². The number of pyridine rings is 1. The van der Waals surface area contributed by atoms with Gasteiger partial charge in [0.15, 0.2) is 0 Å². The fourth-order valence-corrected chi connectivity index (χ4v) is 3.12. The number of hydrogen-bond donors (Lipinski definition) is 1. The average Bonchev–Trinajstić information content (AvgIpc) is 2.37. The number of nitrogens with one attached hydrogen (secondary N) is 1. The molecular weight excluding hydrogens is 250 g/mol. The summed E-state index contributed by atoms with van der Waals surface area (Å²) in [4.78, 5) is 4.15. The lowest BCUT2D eigenvalue weighted by molar-refractivity contribution is 0.380. The SMILES string of the molecule is CCNc1ccncc1S(=O)(=O)N(C)C(C)CC. The number of hydrogen-bond acceptors (Lipinski definition) is 4.